The van der Waals surface area contributed by atoms with Gasteiger partial charge in [0, 0.05) is 16.7 Å². The minimum atomic E-state index is 0.735. The molecule has 1 nitrogen and oxygen atoms in total. The Morgan fingerprint density at radius 3 is 2.89 bits per heavy atom. The molecule has 1 aliphatic rings. The van der Waals surface area contributed by atoms with Crippen molar-refractivity contribution in [3.63, 3.8) is 0 Å². The first-order valence-electron chi connectivity index (χ1n) is 7.80. The molecule has 2 atom stereocenters. The first kappa shape index (κ1) is 14.9. The van der Waals surface area contributed by atoms with Gasteiger partial charge in [0.15, 0.2) is 0 Å². The van der Waals surface area contributed by atoms with E-state index in [4.69, 9.17) is 0 Å². The fourth-order valence-corrected chi connectivity index (χ4v) is 4.37. The maximum Gasteiger partial charge on any atom is 0.0107 e. The lowest BCUT2D eigenvalue weighted by Gasteiger charge is -2.18. The zero-order valence-corrected chi connectivity index (χ0v) is 13.1. The number of hydrogen-bond acceptors (Lipinski definition) is 2. The molecular formula is C17H27NS. The van der Waals surface area contributed by atoms with Crippen molar-refractivity contribution >= 4 is 11.8 Å². The number of hydrogen-bond donors (Lipinski definition) is 1. The fraction of sp³-hybridized carbons (Fsp3) is 0.647. The summed E-state index contributed by atoms with van der Waals surface area (Å²) in [5.41, 5.74) is 1.60. The van der Waals surface area contributed by atoms with Crippen molar-refractivity contribution in [2.24, 2.45) is 0 Å². The van der Waals surface area contributed by atoms with Crippen LogP contribution in [0.15, 0.2) is 29.2 Å². The summed E-state index contributed by atoms with van der Waals surface area (Å²) < 4.78 is 0. The Bertz CT molecular complexity index is 371. The Hall–Kier alpha value is -0.470. The average molecular weight is 277 g/mol. The van der Waals surface area contributed by atoms with E-state index in [0.29, 0.717) is 0 Å². The van der Waals surface area contributed by atoms with Gasteiger partial charge in [0.2, 0.25) is 0 Å². The number of benzene rings is 1. The van der Waals surface area contributed by atoms with E-state index in [1.54, 1.807) is 5.56 Å². The molecular weight excluding hydrogens is 250 g/mol. The second-order valence-electron chi connectivity index (χ2n) is 5.52. The minimum Gasteiger partial charge on any atom is -0.314 e. The molecule has 106 valence electrons. The van der Waals surface area contributed by atoms with Crippen LogP contribution in [0.2, 0.25) is 0 Å². The lowest BCUT2D eigenvalue weighted by Crippen LogP contribution is -2.28. The van der Waals surface area contributed by atoms with Gasteiger partial charge in [-0.1, -0.05) is 44.9 Å². The zero-order chi connectivity index (χ0) is 13.5. The van der Waals surface area contributed by atoms with E-state index in [1.807, 2.05) is 11.8 Å². The average Bonchev–Trinajstić information content (AvgIpc) is 2.83. The third-order valence-electron chi connectivity index (χ3n) is 4.03. The lowest BCUT2D eigenvalue weighted by molar-refractivity contribution is 0.434. The van der Waals surface area contributed by atoms with Crippen LogP contribution in [0.5, 0.6) is 0 Å². The standard InChI is InChI=1S/C17H27NS/c1-3-8-15(18-4-2)10-7-9-14-13-19-17-12-6-5-11-16(14)17/h5-6,11-12,14-15,18H,3-4,7-10,13H2,1-2H3. The summed E-state index contributed by atoms with van der Waals surface area (Å²) in [6.45, 7) is 5.60. The third-order valence-corrected chi connectivity index (χ3v) is 5.29. The van der Waals surface area contributed by atoms with E-state index < -0.39 is 0 Å². The Kier molecular flexibility index (Phi) is 6.25. The zero-order valence-electron chi connectivity index (χ0n) is 12.3. The van der Waals surface area contributed by atoms with E-state index in [9.17, 15) is 0 Å². The largest absolute Gasteiger partial charge is 0.314 e. The summed E-state index contributed by atoms with van der Waals surface area (Å²) >= 11 is 2.04. The maximum atomic E-state index is 3.62. The molecule has 2 heteroatoms. The van der Waals surface area contributed by atoms with Gasteiger partial charge in [-0.2, -0.15) is 0 Å². The molecule has 0 radical (unpaired) electrons. The van der Waals surface area contributed by atoms with E-state index in [-0.39, 0.29) is 0 Å². The first-order chi connectivity index (χ1) is 9.35. The Balaban J connectivity index is 1.77. The number of fused-ring (bicyclic) bond motifs is 1. The third kappa shape index (κ3) is 4.25. The molecule has 19 heavy (non-hydrogen) atoms. The number of rotatable bonds is 8. The van der Waals surface area contributed by atoms with Gasteiger partial charge in [-0.05, 0) is 43.4 Å². The molecule has 1 aromatic carbocycles. The van der Waals surface area contributed by atoms with Crippen LogP contribution in [0, 0.1) is 0 Å². The molecule has 0 saturated heterocycles. The molecule has 0 saturated carbocycles. The molecule has 0 spiro atoms. The Labute approximate surface area is 122 Å². The van der Waals surface area contributed by atoms with Gasteiger partial charge in [0.1, 0.15) is 0 Å². The molecule has 0 aromatic heterocycles. The van der Waals surface area contributed by atoms with Gasteiger partial charge < -0.3 is 5.32 Å². The first-order valence-corrected chi connectivity index (χ1v) is 8.78. The molecule has 0 bridgehead atoms. The van der Waals surface area contributed by atoms with Gasteiger partial charge >= 0.3 is 0 Å². The minimum absolute atomic E-state index is 0.735. The fourth-order valence-electron chi connectivity index (χ4n) is 3.06. The summed E-state index contributed by atoms with van der Waals surface area (Å²) in [4.78, 5) is 1.52. The normalized spacial score (nSPS) is 19.4. The Morgan fingerprint density at radius 2 is 2.11 bits per heavy atom. The number of nitrogens with one attached hydrogen (secondary N) is 1. The summed E-state index contributed by atoms with van der Waals surface area (Å²) in [5.74, 6) is 2.09. The van der Waals surface area contributed by atoms with Gasteiger partial charge in [0.25, 0.3) is 0 Å². The molecule has 2 unspecified atom stereocenters. The highest BCUT2D eigenvalue weighted by molar-refractivity contribution is 7.99. The van der Waals surface area contributed by atoms with E-state index >= 15 is 0 Å². The Morgan fingerprint density at radius 1 is 1.26 bits per heavy atom. The van der Waals surface area contributed by atoms with Crippen LogP contribution in [0.1, 0.15) is 57.4 Å². The van der Waals surface area contributed by atoms with Crippen molar-refractivity contribution in [2.45, 2.75) is 62.8 Å². The maximum absolute atomic E-state index is 3.62. The highest BCUT2D eigenvalue weighted by Gasteiger charge is 2.22. The summed E-state index contributed by atoms with van der Waals surface area (Å²) in [6.07, 6.45) is 6.67. The lowest BCUT2D eigenvalue weighted by atomic mass is 9.94. The van der Waals surface area contributed by atoms with Crippen LogP contribution < -0.4 is 5.32 Å². The van der Waals surface area contributed by atoms with Gasteiger partial charge in [0.05, 0.1) is 0 Å². The topological polar surface area (TPSA) is 12.0 Å². The summed E-state index contributed by atoms with van der Waals surface area (Å²) in [6, 6.07) is 9.69. The summed E-state index contributed by atoms with van der Waals surface area (Å²) in [7, 11) is 0. The quantitative estimate of drug-likeness (QED) is 0.731. The van der Waals surface area contributed by atoms with Gasteiger partial charge in [-0.15, -0.1) is 11.8 Å². The van der Waals surface area contributed by atoms with E-state index in [0.717, 1.165) is 18.5 Å². The highest BCUT2D eigenvalue weighted by atomic mass is 32.2. The van der Waals surface area contributed by atoms with Crippen molar-refractivity contribution in [3.05, 3.63) is 29.8 Å². The van der Waals surface area contributed by atoms with Crippen molar-refractivity contribution in [2.75, 3.05) is 12.3 Å². The van der Waals surface area contributed by atoms with Crippen molar-refractivity contribution in [1.82, 2.24) is 5.32 Å². The monoisotopic (exact) mass is 277 g/mol. The van der Waals surface area contributed by atoms with Crippen molar-refractivity contribution < 1.29 is 0 Å². The molecule has 0 aliphatic carbocycles. The van der Waals surface area contributed by atoms with E-state index in [2.05, 4.69) is 43.4 Å². The van der Waals surface area contributed by atoms with Crippen LogP contribution in [0.25, 0.3) is 0 Å². The second kappa shape index (κ2) is 7.96. The molecule has 1 aliphatic heterocycles. The van der Waals surface area contributed by atoms with Crippen molar-refractivity contribution in [3.8, 4) is 0 Å². The van der Waals surface area contributed by atoms with Crippen LogP contribution in [0.3, 0.4) is 0 Å². The summed E-state index contributed by atoms with van der Waals surface area (Å²) in [5, 5.41) is 3.62. The highest BCUT2D eigenvalue weighted by Crippen LogP contribution is 2.41. The van der Waals surface area contributed by atoms with Gasteiger partial charge in [-0.25, -0.2) is 0 Å². The second-order valence-corrected chi connectivity index (χ2v) is 6.58. The van der Waals surface area contributed by atoms with Crippen LogP contribution in [-0.4, -0.2) is 18.3 Å². The molecule has 0 fully saturated rings. The number of thioether (sulfide) groups is 1. The van der Waals surface area contributed by atoms with Crippen LogP contribution >= 0.6 is 11.8 Å². The predicted octanol–water partition coefficient (Wildman–Crippen LogP) is 4.82. The smallest absolute Gasteiger partial charge is 0.0107 e. The van der Waals surface area contributed by atoms with Crippen LogP contribution in [0.4, 0.5) is 0 Å². The molecule has 2 rings (SSSR count). The van der Waals surface area contributed by atoms with Crippen LogP contribution in [-0.2, 0) is 0 Å². The van der Waals surface area contributed by atoms with Crippen molar-refractivity contribution in [1.29, 1.82) is 0 Å². The SMILES string of the molecule is CCCC(CCCC1CSc2ccccc21)NCC. The molecule has 1 aromatic rings. The van der Waals surface area contributed by atoms with Gasteiger partial charge in [-0.3, -0.25) is 0 Å². The molecule has 0 amide bonds. The molecule has 1 N–H and O–H groups in total. The molecule has 1 heterocycles. The predicted molar refractivity (Wildman–Crippen MR) is 86.1 cm³/mol. The van der Waals surface area contributed by atoms with E-state index in [1.165, 1.54) is 42.8 Å².